The van der Waals surface area contributed by atoms with Crippen LogP contribution in [0, 0.1) is 0 Å². The maximum Gasteiger partial charge on any atom is 0.291 e. The minimum Gasteiger partial charge on any atom is -0.489 e. The lowest BCUT2D eigenvalue weighted by atomic mass is 10.2. The second-order valence-electron chi connectivity index (χ2n) is 4.80. The van der Waals surface area contributed by atoms with Gasteiger partial charge in [0, 0.05) is 11.8 Å². The van der Waals surface area contributed by atoms with Crippen LogP contribution in [0.5, 0.6) is 5.75 Å². The zero-order valence-corrected chi connectivity index (χ0v) is 12.6. The third kappa shape index (κ3) is 2.77. The van der Waals surface area contributed by atoms with Gasteiger partial charge in [-0.3, -0.25) is 9.10 Å². The summed E-state index contributed by atoms with van der Waals surface area (Å²) >= 11 is 0. The lowest BCUT2D eigenvalue weighted by Crippen LogP contribution is -2.37. The molecule has 0 unspecified atom stereocenters. The molecule has 1 aromatic carbocycles. The van der Waals surface area contributed by atoms with Gasteiger partial charge in [-0.2, -0.15) is 0 Å². The van der Waals surface area contributed by atoms with E-state index in [0.717, 1.165) is 6.26 Å². The van der Waals surface area contributed by atoms with E-state index in [1.807, 2.05) is 0 Å². The number of rotatable bonds is 3. The Morgan fingerprint density at radius 1 is 1.32 bits per heavy atom. The van der Waals surface area contributed by atoms with Gasteiger partial charge in [0.25, 0.3) is 5.91 Å². The number of nitrogens with one attached hydrogen (secondary N) is 1. The molecule has 0 aliphatic carbocycles. The molecule has 0 fully saturated rings. The van der Waals surface area contributed by atoms with Crippen molar-refractivity contribution in [2.45, 2.75) is 0 Å². The molecule has 8 heteroatoms. The van der Waals surface area contributed by atoms with Gasteiger partial charge in [0.2, 0.25) is 10.0 Å². The Morgan fingerprint density at radius 2 is 2.14 bits per heavy atom. The van der Waals surface area contributed by atoms with Gasteiger partial charge in [-0.1, -0.05) is 0 Å². The molecule has 0 atom stereocenters. The lowest BCUT2D eigenvalue weighted by Gasteiger charge is -2.29. The van der Waals surface area contributed by atoms with E-state index in [4.69, 9.17) is 9.15 Å². The summed E-state index contributed by atoms with van der Waals surface area (Å²) in [6.07, 6.45) is 2.56. The lowest BCUT2D eigenvalue weighted by molar-refractivity contribution is 0.0996. The zero-order valence-electron chi connectivity index (χ0n) is 11.8. The number of furan rings is 1. The predicted octanol–water partition coefficient (Wildman–Crippen LogP) is 1.69. The summed E-state index contributed by atoms with van der Waals surface area (Å²) in [6.45, 7) is 0.527. The Bertz CT molecular complexity index is 799. The fraction of sp³-hybridized carbons (Fsp3) is 0.214. The number of amides is 1. The molecule has 1 aliphatic rings. The molecule has 2 heterocycles. The number of nitrogens with zero attached hydrogens (tertiary/aromatic N) is 1. The summed E-state index contributed by atoms with van der Waals surface area (Å²) in [4.78, 5) is 11.9. The highest BCUT2D eigenvalue weighted by Gasteiger charge is 2.25. The molecular weight excluding hydrogens is 308 g/mol. The zero-order chi connectivity index (χ0) is 15.7. The van der Waals surface area contributed by atoms with Crippen LogP contribution in [0.15, 0.2) is 41.0 Å². The second-order valence-corrected chi connectivity index (χ2v) is 6.70. The van der Waals surface area contributed by atoms with Gasteiger partial charge in [-0.05, 0) is 24.3 Å². The van der Waals surface area contributed by atoms with E-state index >= 15 is 0 Å². The molecule has 0 saturated heterocycles. The van der Waals surface area contributed by atoms with Crippen LogP contribution in [-0.2, 0) is 10.0 Å². The molecule has 2 aromatic rings. The summed E-state index contributed by atoms with van der Waals surface area (Å²) in [6, 6.07) is 7.98. The minimum atomic E-state index is -3.36. The van der Waals surface area contributed by atoms with Crippen molar-refractivity contribution in [1.82, 2.24) is 0 Å². The first-order chi connectivity index (χ1) is 10.4. The smallest absolute Gasteiger partial charge is 0.291 e. The van der Waals surface area contributed by atoms with Gasteiger partial charge in [0.1, 0.15) is 12.4 Å². The number of hydrogen-bond acceptors (Lipinski definition) is 5. The fourth-order valence-electron chi connectivity index (χ4n) is 2.22. The van der Waals surface area contributed by atoms with Crippen molar-refractivity contribution in [3.63, 3.8) is 0 Å². The highest BCUT2D eigenvalue weighted by molar-refractivity contribution is 7.92. The average molecular weight is 322 g/mol. The second kappa shape index (κ2) is 5.38. The summed E-state index contributed by atoms with van der Waals surface area (Å²) < 4.78 is 35.3. The first-order valence-electron chi connectivity index (χ1n) is 6.54. The van der Waals surface area contributed by atoms with E-state index in [0.29, 0.717) is 17.1 Å². The molecule has 1 aliphatic heterocycles. The number of carbonyl (C=O) groups is 1. The van der Waals surface area contributed by atoms with Crippen LogP contribution in [-0.4, -0.2) is 33.7 Å². The number of anilines is 2. The molecule has 0 radical (unpaired) electrons. The monoisotopic (exact) mass is 322 g/mol. The maximum absolute atomic E-state index is 11.9. The molecule has 1 aromatic heterocycles. The Balaban J connectivity index is 1.87. The highest BCUT2D eigenvalue weighted by atomic mass is 32.2. The summed E-state index contributed by atoms with van der Waals surface area (Å²) in [5, 5.41) is 2.67. The summed E-state index contributed by atoms with van der Waals surface area (Å²) in [7, 11) is -3.36. The van der Waals surface area contributed by atoms with Crippen molar-refractivity contribution >= 4 is 27.3 Å². The maximum atomic E-state index is 11.9. The Kier molecular flexibility index (Phi) is 3.53. The van der Waals surface area contributed by atoms with Crippen molar-refractivity contribution < 1.29 is 22.4 Å². The quantitative estimate of drug-likeness (QED) is 0.929. The van der Waals surface area contributed by atoms with E-state index in [1.54, 1.807) is 30.3 Å². The Labute approximate surface area is 127 Å². The standard InChI is InChI=1S/C14H14N2O5S/c1-22(18,19)16-6-8-21-13-9-10(4-5-11(13)16)15-14(17)12-3-2-7-20-12/h2-5,7,9H,6,8H2,1H3,(H,15,17). The topological polar surface area (TPSA) is 88.9 Å². The molecule has 116 valence electrons. The van der Waals surface area contributed by atoms with Gasteiger partial charge in [-0.15, -0.1) is 0 Å². The fourth-order valence-corrected chi connectivity index (χ4v) is 3.13. The molecule has 7 nitrogen and oxygen atoms in total. The van der Waals surface area contributed by atoms with Crippen molar-refractivity contribution in [1.29, 1.82) is 0 Å². The van der Waals surface area contributed by atoms with Crippen molar-refractivity contribution in [2.75, 3.05) is 29.0 Å². The molecule has 22 heavy (non-hydrogen) atoms. The molecule has 0 saturated carbocycles. The third-order valence-corrected chi connectivity index (χ3v) is 4.36. The van der Waals surface area contributed by atoms with Crippen molar-refractivity contribution in [3.05, 3.63) is 42.4 Å². The molecule has 0 bridgehead atoms. The molecule has 1 amide bonds. The van der Waals surface area contributed by atoms with Crippen molar-refractivity contribution in [3.8, 4) is 5.75 Å². The van der Waals surface area contributed by atoms with E-state index in [2.05, 4.69) is 5.32 Å². The average Bonchev–Trinajstić information content (AvgIpc) is 2.99. The molecule has 3 rings (SSSR count). The van der Waals surface area contributed by atoms with E-state index in [9.17, 15) is 13.2 Å². The molecule has 1 N–H and O–H groups in total. The van der Waals surface area contributed by atoms with Gasteiger partial charge < -0.3 is 14.5 Å². The first kappa shape index (κ1) is 14.5. The van der Waals surface area contributed by atoms with Crippen LogP contribution in [0.2, 0.25) is 0 Å². The van der Waals surface area contributed by atoms with Crippen LogP contribution in [0.3, 0.4) is 0 Å². The Morgan fingerprint density at radius 3 is 2.82 bits per heavy atom. The number of benzene rings is 1. The van der Waals surface area contributed by atoms with E-state index in [-0.39, 0.29) is 24.8 Å². The van der Waals surface area contributed by atoms with Crippen LogP contribution < -0.4 is 14.4 Å². The molecular formula is C14H14N2O5S. The number of fused-ring (bicyclic) bond motifs is 1. The SMILES string of the molecule is CS(=O)(=O)N1CCOc2cc(NC(=O)c3ccco3)ccc21. The van der Waals surface area contributed by atoms with Crippen LogP contribution in [0.25, 0.3) is 0 Å². The third-order valence-electron chi connectivity index (χ3n) is 3.18. The predicted molar refractivity (Wildman–Crippen MR) is 80.8 cm³/mol. The van der Waals surface area contributed by atoms with Crippen LogP contribution >= 0.6 is 0 Å². The number of sulfonamides is 1. The number of carbonyl (C=O) groups excluding carboxylic acids is 1. The largest absolute Gasteiger partial charge is 0.489 e. The Hall–Kier alpha value is -2.48. The van der Waals surface area contributed by atoms with E-state index in [1.165, 1.54) is 10.6 Å². The number of ether oxygens (including phenoxy) is 1. The number of hydrogen-bond donors (Lipinski definition) is 1. The normalized spacial score (nSPS) is 14.1. The molecule has 0 spiro atoms. The van der Waals surface area contributed by atoms with E-state index < -0.39 is 10.0 Å². The van der Waals surface area contributed by atoms with Gasteiger partial charge in [0.05, 0.1) is 24.8 Å². The summed E-state index contributed by atoms with van der Waals surface area (Å²) in [5.41, 5.74) is 0.959. The van der Waals surface area contributed by atoms with Gasteiger partial charge in [-0.25, -0.2) is 8.42 Å². The van der Waals surface area contributed by atoms with Gasteiger partial charge >= 0.3 is 0 Å². The first-order valence-corrected chi connectivity index (χ1v) is 8.39. The van der Waals surface area contributed by atoms with Crippen molar-refractivity contribution in [2.24, 2.45) is 0 Å². The van der Waals surface area contributed by atoms with Gasteiger partial charge in [0.15, 0.2) is 5.76 Å². The minimum absolute atomic E-state index is 0.191. The highest BCUT2D eigenvalue weighted by Crippen LogP contribution is 2.35. The summed E-state index contributed by atoms with van der Waals surface area (Å²) in [5.74, 6) is 0.214. The van der Waals surface area contributed by atoms with Crippen LogP contribution in [0.1, 0.15) is 10.6 Å². The van der Waals surface area contributed by atoms with Crippen LogP contribution in [0.4, 0.5) is 11.4 Å².